The molecule has 8 nitrogen and oxygen atoms in total. The molecule has 0 atom stereocenters. The number of fused-ring (bicyclic) bond motifs is 5. The normalized spacial score (nSPS) is 26.0. The molecule has 3 aliphatic carbocycles. The molecule has 7 rings (SSSR count). The Balaban J connectivity index is 1.42. The van der Waals surface area contributed by atoms with E-state index in [0.717, 1.165) is 67.5 Å². The third kappa shape index (κ3) is 2.63. The number of aromatic nitrogens is 4. The third-order valence-corrected chi connectivity index (χ3v) is 8.00. The van der Waals surface area contributed by atoms with Crippen LogP contribution in [0.4, 0.5) is 11.6 Å². The van der Waals surface area contributed by atoms with E-state index in [9.17, 15) is 10.1 Å². The molecule has 0 radical (unpaired) electrons. The second-order valence-corrected chi connectivity index (χ2v) is 9.69. The van der Waals surface area contributed by atoms with Gasteiger partial charge in [-0.25, -0.2) is 9.78 Å². The monoisotopic (exact) mass is 430 g/mol. The first kappa shape index (κ1) is 19.4. The number of anilines is 2. The number of nitriles is 1. The molecule has 1 aliphatic heterocycles. The Kier molecular flexibility index (Phi) is 3.98. The van der Waals surface area contributed by atoms with Gasteiger partial charge in [-0.15, -0.1) is 0 Å². The van der Waals surface area contributed by atoms with Gasteiger partial charge in [-0.3, -0.25) is 9.13 Å². The molecule has 1 aromatic carbocycles. The maximum atomic E-state index is 13.3. The highest BCUT2D eigenvalue weighted by molar-refractivity contribution is 5.74. The second-order valence-electron chi connectivity index (χ2n) is 9.69. The molecule has 164 valence electrons. The smallest absolute Gasteiger partial charge is 0.330 e. The fraction of sp³-hybridized carbons (Fsp3) is 0.500. The Hall–Kier alpha value is -3.34. The van der Waals surface area contributed by atoms with Crippen molar-refractivity contribution in [3.8, 4) is 11.8 Å². The van der Waals surface area contributed by atoms with Gasteiger partial charge in [-0.1, -0.05) is 0 Å². The molecular weight excluding hydrogens is 404 g/mol. The van der Waals surface area contributed by atoms with Crippen molar-refractivity contribution >= 4 is 22.8 Å². The molecule has 3 aromatic rings. The summed E-state index contributed by atoms with van der Waals surface area (Å²) in [4.78, 5) is 22.7. The number of hydrogen-bond acceptors (Lipinski definition) is 6. The van der Waals surface area contributed by atoms with Gasteiger partial charge in [0.05, 0.1) is 29.8 Å². The predicted octanol–water partition coefficient (Wildman–Crippen LogP) is 3.69. The van der Waals surface area contributed by atoms with Gasteiger partial charge < -0.3 is 10.1 Å². The first-order valence-corrected chi connectivity index (χ1v) is 11.3. The van der Waals surface area contributed by atoms with Crippen LogP contribution in [-0.4, -0.2) is 25.7 Å². The van der Waals surface area contributed by atoms with Crippen LogP contribution >= 0.6 is 0 Å². The molecule has 3 saturated carbocycles. The number of nitrogens with zero attached hydrogens (tertiary/aromatic N) is 5. The van der Waals surface area contributed by atoms with E-state index in [-0.39, 0.29) is 16.6 Å². The van der Waals surface area contributed by atoms with Gasteiger partial charge in [0.15, 0.2) is 5.65 Å². The minimum Gasteiger partial charge on any atom is -0.493 e. The van der Waals surface area contributed by atoms with Gasteiger partial charge in [-0.2, -0.15) is 10.2 Å². The van der Waals surface area contributed by atoms with Crippen molar-refractivity contribution in [2.75, 3.05) is 11.9 Å². The average Bonchev–Trinajstić information content (AvgIpc) is 3.37. The second kappa shape index (κ2) is 6.58. The van der Waals surface area contributed by atoms with Crippen LogP contribution in [0.5, 0.6) is 5.75 Å². The average molecular weight is 431 g/mol. The van der Waals surface area contributed by atoms with Gasteiger partial charge in [0, 0.05) is 19.2 Å². The van der Waals surface area contributed by atoms with E-state index in [1.165, 1.54) is 5.56 Å². The maximum absolute atomic E-state index is 13.3. The van der Waals surface area contributed by atoms with E-state index in [2.05, 4.69) is 22.4 Å². The van der Waals surface area contributed by atoms with Crippen LogP contribution in [0, 0.1) is 23.7 Å². The van der Waals surface area contributed by atoms with Gasteiger partial charge in [0.25, 0.3) is 0 Å². The summed E-state index contributed by atoms with van der Waals surface area (Å²) in [6.07, 6.45) is 7.70. The first-order chi connectivity index (χ1) is 15.4. The Bertz CT molecular complexity index is 1340. The zero-order chi connectivity index (χ0) is 22.1. The van der Waals surface area contributed by atoms with Gasteiger partial charge in [0.1, 0.15) is 11.3 Å². The van der Waals surface area contributed by atoms with Crippen molar-refractivity contribution in [3.05, 3.63) is 39.9 Å². The Labute approximate surface area is 185 Å². The largest absolute Gasteiger partial charge is 0.493 e. The Morgan fingerprint density at radius 2 is 1.94 bits per heavy atom. The first-order valence-electron chi connectivity index (χ1n) is 11.3. The molecule has 0 amide bonds. The molecule has 4 aliphatic rings. The van der Waals surface area contributed by atoms with E-state index >= 15 is 0 Å². The summed E-state index contributed by atoms with van der Waals surface area (Å²) in [5.74, 6) is 1.43. The van der Waals surface area contributed by atoms with Crippen LogP contribution in [-0.2, 0) is 19.0 Å². The van der Waals surface area contributed by atoms with E-state index in [1.807, 2.05) is 17.6 Å². The van der Waals surface area contributed by atoms with Crippen molar-refractivity contribution in [3.63, 3.8) is 0 Å². The number of hydrogen-bond donors (Lipinski definition) is 1. The molecule has 2 bridgehead atoms. The van der Waals surface area contributed by atoms with Crippen LogP contribution in [0.1, 0.15) is 49.7 Å². The molecule has 0 unspecified atom stereocenters. The van der Waals surface area contributed by atoms with E-state index in [4.69, 9.17) is 9.72 Å². The lowest BCUT2D eigenvalue weighted by Gasteiger charge is -2.50. The molecule has 3 heterocycles. The fourth-order valence-electron chi connectivity index (χ4n) is 5.85. The highest BCUT2D eigenvalue weighted by atomic mass is 16.5. The van der Waals surface area contributed by atoms with Crippen LogP contribution in [0.15, 0.2) is 23.1 Å². The summed E-state index contributed by atoms with van der Waals surface area (Å²) in [5.41, 5.74) is 4.08. The van der Waals surface area contributed by atoms with Crippen LogP contribution < -0.4 is 15.7 Å². The summed E-state index contributed by atoms with van der Waals surface area (Å²) >= 11 is 0. The standard InChI is InChI=1S/C24H26N6O2/c1-15-11-19-16(3-10-32-19)12-17(15)27-21-26-13-18-20(28-21)30(22(31)29(18)2)24-7-4-23(14-25,5-8-24)6-9-24/h11-13H,3-10H2,1-2H3,(H,26,27,28). The number of imidazole rings is 1. The number of benzene rings is 1. The zero-order valence-corrected chi connectivity index (χ0v) is 18.4. The van der Waals surface area contributed by atoms with Crippen molar-refractivity contribution < 1.29 is 4.74 Å². The minimum atomic E-state index is -0.262. The quantitative estimate of drug-likeness (QED) is 0.681. The van der Waals surface area contributed by atoms with Crippen LogP contribution in [0.25, 0.3) is 11.2 Å². The summed E-state index contributed by atoms with van der Waals surface area (Å²) < 4.78 is 9.21. The van der Waals surface area contributed by atoms with E-state index in [0.29, 0.717) is 18.2 Å². The Morgan fingerprint density at radius 1 is 1.19 bits per heavy atom. The van der Waals surface area contributed by atoms with Crippen molar-refractivity contribution in [2.45, 2.75) is 57.4 Å². The molecule has 8 heteroatoms. The van der Waals surface area contributed by atoms with Gasteiger partial charge >= 0.3 is 5.69 Å². The fourth-order valence-corrected chi connectivity index (χ4v) is 5.85. The van der Waals surface area contributed by atoms with E-state index in [1.54, 1.807) is 17.8 Å². The highest BCUT2D eigenvalue weighted by Crippen LogP contribution is 2.55. The van der Waals surface area contributed by atoms with Gasteiger partial charge in [-0.05, 0) is 68.7 Å². The predicted molar refractivity (Wildman–Crippen MR) is 120 cm³/mol. The topological polar surface area (TPSA) is 97.8 Å². The number of ether oxygens (including phenoxy) is 1. The Morgan fingerprint density at radius 3 is 2.66 bits per heavy atom. The number of nitrogens with one attached hydrogen (secondary N) is 1. The lowest BCUT2D eigenvalue weighted by Crippen LogP contribution is -2.50. The number of aryl methyl sites for hydroxylation is 2. The van der Waals surface area contributed by atoms with Crippen molar-refractivity contribution in [1.82, 2.24) is 19.1 Å². The molecule has 3 fully saturated rings. The molecule has 0 spiro atoms. The lowest BCUT2D eigenvalue weighted by atomic mass is 9.58. The molecule has 1 N–H and O–H groups in total. The summed E-state index contributed by atoms with van der Waals surface area (Å²) in [6, 6.07) is 6.70. The molecule has 32 heavy (non-hydrogen) atoms. The summed E-state index contributed by atoms with van der Waals surface area (Å²) in [7, 11) is 1.78. The van der Waals surface area contributed by atoms with Crippen LogP contribution in [0.3, 0.4) is 0 Å². The molecular formula is C24H26N6O2. The van der Waals surface area contributed by atoms with Crippen molar-refractivity contribution in [1.29, 1.82) is 5.26 Å². The highest BCUT2D eigenvalue weighted by Gasteiger charge is 2.51. The zero-order valence-electron chi connectivity index (χ0n) is 18.4. The number of rotatable bonds is 3. The third-order valence-electron chi connectivity index (χ3n) is 8.00. The summed E-state index contributed by atoms with van der Waals surface area (Å²) in [6.45, 7) is 2.75. The van der Waals surface area contributed by atoms with Crippen molar-refractivity contribution in [2.24, 2.45) is 12.5 Å². The molecule has 0 saturated heterocycles. The SMILES string of the molecule is Cc1cc2c(cc1Nc1ncc3c(n1)n(C14CCC(C#N)(CC1)CC4)c(=O)n3C)CCO2. The lowest BCUT2D eigenvalue weighted by molar-refractivity contribution is 0.0350. The van der Waals surface area contributed by atoms with Gasteiger partial charge in [0.2, 0.25) is 5.95 Å². The van der Waals surface area contributed by atoms with Crippen LogP contribution in [0.2, 0.25) is 0 Å². The van der Waals surface area contributed by atoms with E-state index < -0.39 is 0 Å². The molecule has 2 aromatic heterocycles. The minimum absolute atomic E-state index is 0.0522. The maximum Gasteiger partial charge on any atom is 0.330 e. The summed E-state index contributed by atoms with van der Waals surface area (Å²) in [5, 5.41) is 13.0.